The smallest absolute Gasteiger partial charge is 0.336 e. The minimum absolute atomic E-state index is 0.137. The van der Waals surface area contributed by atoms with Crippen LogP contribution in [0.1, 0.15) is 22.6 Å². The number of benzene rings is 2. The Morgan fingerprint density at radius 2 is 1.65 bits per heavy atom. The van der Waals surface area contributed by atoms with Gasteiger partial charge in [0.2, 0.25) is 0 Å². The first kappa shape index (κ1) is 23.2. The maximum Gasteiger partial charge on any atom is 0.418 e. The van der Waals surface area contributed by atoms with Crippen LogP contribution >= 0.6 is 0 Å². The number of nitriles is 1. The number of hydrogen-bond acceptors (Lipinski definition) is 4. The van der Waals surface area contributed by atoms with Gasteiger partial charge in [0.1, 0.15) is 11.6 Å². The molecule has 4 rings (SSSR count). The number of fused-ring (bicyclic) bond motifs is 1. The van der Waals surface area contributed by atoms with Crippen LogP contribution in [0.2, 0.25) is 0 Å². The molecule has 0 unspecified atom stereocenters. The van der Waals surface area contributed by atoms with Crippen LogP contribution in [-0.2, 0) is 19.1 Å². The van der Waals surface area contributed by atoms with Crippen molar-refractivity contribution in [3.05, 3.63) is 70.7 Å². The first-order chi connectivity index (χ1) is 15.9. The fourth-order valence-corrected chi connectivity index (χ4v) is 3.58. The maximum absolute atomic E-state index is 13.6. The lowest BCUT2D eigenvalue weighted by atomic mass is 10.0. The van der Waals surface area contributed by atoms with Crippen molar-refractivity contribution in [2.75, 3.05) is 0 Å². The lowest BCUT2D eigenvalue weighted by molar-refractivity contribution is -0.136. The van der Waals surface area contributed by atoms with E-state index in [1.165, 1.54) is 6.07 Å². The summed E-state index contributed by atoms with van der Waals surface area (Å²) in [5.74, 6) is -2.47. The molecule has 2 heterocycles. The molecule has 34 heavy (non-hydrogen) atoms. The Hall–Kier alpha value is -3.95. The van der Waals surface area contributed by atoms with E-state index < -0.39 is 59.2 Å². The van der Waals surface area contributed by atoms with E-state index in [9.17, 15) is 35.1 Å². The molecule has 0 atom stereocenters. The van der Waals surface area contributed by atoms with Gasteiger partial charge >= 0.3 is 12.4 Å². The van der Waals surface area contributed by atoms with E-state index in [4.69, 9.17) is 9.78 Å². The van der Waals surface area contributed by atoms with Crippen molar-refractivity contribution >= 4 is 10.9 Å². The maximum atomic E-state index is 13.6. The van der Waals surface area contributed by atoms with Crippen molar-refractivity contribution in [3.63, 3.8) is 0 Å². The summed E-state index contributed by atoms with van der Waals surface area (Å²) in [6.07, 6.45) is -11.3. The summed E-state index contributed by atoms with van der Waals surface area (Å²) in [5.41, 5.74) is -3.02. The Morgan fingerprint density at radius 1 is 0.971 bits per heavy atom. The highest BCUT2D eigenvalue weighted by Gasteiger charge is 2.38. The number of rotatable bonds is 4. The minimum atomic E-state index is -5.01. The quantitative estimate of drug-likeness (QED) is 0.331. The molecule has 0 fully saturated rings. The summed E-state index contributed by atoms with van der Waals surface area (Å²) in [6.45, 7) is -0.542. The van der Waals surface area contributed by atoms with E-state index in [1.54, 1.807) is 0 Å². The molecular weight excluding hydrogens is 476 g/mol. The summed E-state index contributed by atoms with van der Waals surface area (Å²) >= 11 is 0. The van der Waals surface area contributed by atoms with Crippen LogP contribution in [0, 0.1) is 23.0 Å². The lowest BCUT2D eigenvalue weighted by Crippen LogP contribution is -2.16. The molecule has 2 aromatic carbocycles. The van der Waals surface area contributed by atoms with E-state index in [1.807, 2.05) is 0 Å². The number of nitrogens with zero attached hydrogens (tertiary/aromatic N) is 4. The summed E-state index contributed by atoms with van der Waals surface area (Å²) in [5, 5.41) is 12.0. The SMILES string of the molecule is N#Cc1ccc2c(cc(CC(F)(F)F)n2Cc2noc(-c3cc(F)cc(F)c3)n2)c1C(F)(F)F. The second-order valence-electron chi connectivity index (χ2n) is 7.22. The predicted molar refractivity (Wildman–Crippen MR) is 100 cm³/mol. The van der Waals surface area contributed by atoms with Gasteiger partial charge in [-0.2, -0.15) is 36.6 Å². The molecule has 4 aromatic rings. The standard InChI is InChI=1S/C21H10F8N4O/c22-12-3-11(4-13(23)5-12)19-31-17(32-34-19)9-33-14(7-20(24,25)26)6-15-16(33)2-1-10(8-30)18(15)21(27,28)29/h1-6H,7,9H2. The molecule has 0 radical (unpaired) electrons. The number of aromatic nitrogens is 3. The van der Waals surface area contributed by atoms with Crippen molar-refractivity contribution in [2.24, 2.45) is 0 Å². The average molecular weight is 486 g/mol. The van der Waals surface area contributed by atoms with Crippen molar-refractivity contribution < 1.29 is 39.6 Å². The molecule has 176 valence electrons. The molecule has 0 bridgehead atoms. The fraction of sp³-hybridized carbons (Fsp3) is 0.190. The third-order valence-electron chi connectivity index (χ3n) is 4.83. The highest BCUT2D eigenvalue weighted by atomic mass is 19.4. The minimum Gasteiger partial charge on any atom is -0.336 e. The highest BCUT2D eigenvalue weighted by molar-refractivity contribution is 5.87. The molecule has 0 spiro atoms. The zero-order valence-electron chi connectivity index (χ0n) is 16.6. The molecule has 2 aromatic heterocycles. The third kappa shape index (κ3) is 4.57. The Labute approximate surface area is 184 Å². The summed E-state index contributed by atoms with van der Waals surface area (Å²) in [7, 11) is 0. The summed E-state index contributed by atoms with van der Waals surface area (Å²) in [6, 6.07) is 6.44. The molecule has 5 nitrogen and oxygen atoms in total. The fourth-order valence-electron chi connectivity index (χ4n) is 3.58. The van der Waals surface area contributed by atoms with Gasteiger partial charge in [0, 0.05) is 28.2 Å². The number of halogens is 8. The van der Waals surface area contributed by atoms with Crippen LogP contribution in [0.15, 0.2) is 40.9 Å². The molecule has 0 saturated carbocycles. The molecule has 13 heteroatoms. The number of alkyl halides is 6. The van der Waals surface area contributed by atoms with Gasteiger partial charge in [-0.25, -0.2) is 8.78 Å². The third-order valence-corrected chi connectivity index (χ3v) is 4.83. The Balaban J connectivity index is 1.84. The van der Waals surface area contributed by atoms with Crippen LogP contribution in [0.25, 0.3) is 22.4 Å². The second kappa shape index (κ2) is 8.12. The van der Waals surface area contributed by atoms with Crippen LogP contribution in [0.5, 0.6) is 0 Å². The largest absolute Gasteiger partial charge is 0.418 e. The van der Waals surface area contributed by atoms with Crippen LogP contribution in [-0.4, -0.2) is 20.9 Å². The molecule has 0 amide bonds. The molecular formula is C21H10F8N4O. The van der Waals surface area contributed by atoms with Crippen LogP contribution < -0.4 is 0 Å². The highest BCUT2D eigenvalue weighted by Crippen LogP contribution is 2.39. The molecule has 0 N–H and O–H groups in total. The first-order valence-electron chi connectivity index (χ1n) is 9.34. The van der Waals surface area contributed by atoms with Gasteiger partial charge in [0.25, 0.3) is 5.89 Å². The van der Waals surface area contributed by atoms with E-state index in [0.29, 0.717) is 6.07 Å². The molecule has 0 aliphatic rings. The average Bonchev–Trinajstić information content (AvgIpc) is 3.30. The molecule has 0 saturated heterocycles. The molecule has 0 aliphatic carbocycles. The van der Waals surface area contributed by atoms with Crippen molar-refractivity contribution in [3.8, 4) is 17.5 Å². The molecule has 0 aliphatic heterocycles. The van der Waals surface area contributed by atoms with Gasteiger partial charge in [0.15, 0.2) is 5.82 Å². The van der Waals surface area contributed by atoms with Gasteiger partial charge in [-0.05, 0) is 30.3 Å². The van der Waals surface area contributed by atoms with E-state index >= 15 is 0 Å². The zero-order valence-corrected chi connectivity index (χ0v) is 16.6. The van der Waals surface area contributed by atoms with Gasteiger partial charge in [-0.1, -0.05) is 5.16 Å². The zero-order chi connectivity index (χ0) is 24.8. The number of hydrogen-bond donors (Lipinski definition) is 0. The first-order valence-corrected chi connectivity index (χ1v) is 9.34. The Kier molecular flexibility index (Phi) is 5.55. The second-order valence-corrected chi connectivity index (χ2v) is 7.22. The van der Waals surface area contributed by atoms with Crippen molar-refractivity contribution in [1.29, 1.82) is 5.26 Å². The van der Waals surface area contributed by atoms with Gasteiger partial charge in [-0.3, -0.25) is 0 Å². The van der Waals surface area contributed by atoms with Gasteiger partial charge < -0.3 is 9.09 Å². The van der Waals surface area contributed by atoms with E-state index in [-0.39, 0.29) is 22.8 Å². The van der Waals surface area contributed by atoms with E-state index in [0.717, 1.165) is 34.9 Å². The van der Waals surface area contributed by atoms with Gasteiger partial charge in [-0.15, -0.1) is 0 Å². The van der Waals surface area contributed by atoms with Crippen LogP contribution in [0.3, 0.4) is 0 Å². The van der Waals surface area contributed by atoms with Crippen molar-refractivity contribution in [2.45, 2.75) is 25.3 Å². The Bertz CT molecular complexity index is 1410. The monoisotopic (exact) mass is 486 g/mol. The predicted octanol–water partition coefficient (Wildman–Crippen LogP) is 6.01. The summed E-state index contributed by atoms with van der Waals surface area (Å²) < 4.78 is 113. The topological polar surface area (TPSA) is 67.6 Å². The van der Waals surface area contributed by atoms with Gasteiger partial charge in [0.05, 0.1) is 30.2 Å². The normalized spacial score (nSPS) is 12.3. The van der Waals surface area contributed by atoms with Crippen LogP contribution in [0.4, 0.5) is 35.1 Å². The lowest BCUT2D eigenvalue weighted by Gasteiger charge is -2.12. The van der Waals surface area contributed by atoms with Crippen molar-refractivity contribution in [1.82, 2.24) is 14.7 Å². The Morgan fingerprint density at radius 3 is 2.24 bits per heavy atom. The van der Waals surface area contributed by atoms with E-state index in [2.05, 4.69) is 10.1 Å². The summed E-state index contributed by atoms with van der Waals surface area (Å²) in [4.78, 5) is 3.90.